The number of halogens is 1. The molecule has 2 rings (SSSR count). The molecule has 0 atom stereocenters. The average molecular weight is 288 g/mol. The second-order valence-electron chi connectivity index (χ2n) is 4.99. The van der Waals surface area contributed by atoms with Gasteiger partial charge in [0.15, 0.2) is 0 Å². The van der Waals surface area contributed by atoms with Gasteiger partial charge in [-0.2, -0.15) is 0 Å². The summed E-state index contributed by atoms with van der Waals surface area (Å²) in [5.74, 6) is 1.37. The molecule has 108 valence electrons. The van der Waals surface area contributed by atoms with Crippen molar-refractivity contribution in [3.63, 3.8) is 0 Å². The molecule has 1 fully saturated rings. The third kappa shape index (κ3) is 3.48. The Hall–Kier alpha value is -1.07. The van der Waals surface area contributed by atoms with E-state index in [1.807, 2.05) is 18.9 Å². The molecule has 1 aromatic heterocycles. The van der Waals surface area contributed by atoms with E-state index in [0.717, 1.165) is 32.5 Å². The first-order chi connectivity index (χ1) is 8.63. The van der Waals surface area contributed by atoms with E-state index in [4.69, 9.17) is 4.52 Å². The number of amides is 1. The van der Waals surface area contributed by atoms with E-state index in [9.17, 15) is 4.79 Å². The lowest BCUT2D eigenvalue weighted by Crippen LogP contribution is -2.40. The number of likely N-dealkylation sites (tertiary alicyclic amines) is 1. The lowest BCUT2D eigenvalue weighted by atomic mass is 9.96. The predicted molar refractivity (Wildman–Crippen MR) is 75.8 cm³/mol. The van der Waals surface area contributed by atoms with E-state index >= 15 is 0 Å². The number of hydrogen-bond donors (Lipinski definition) is 1. The Balaban J connectivity index is 0.00000180. The third-order valence-corrected chi connectivity index (χ3v) is 3.64. The smallest absolute Gasteiger partial charge is 0.259 e. The van der Waals surface area contributed by atoms with Gasteiger partial charge < -0.3 is 14.7 Å². The van der Waals surface area contributed by atoms with Gasteiger partial charge in [0.1, 0.15) is 11.3 Å². The lowest BCUT2D eigenvalue weighted by molar-refractivity contribution is 0.0688. The minimum absolute atomic E-state index is 0. The summed E-state index contributed by atoms with van der Waals surface area (Å²) >= 11 is 0. The zero-order valence-electron chi connectivity index (χ0n) is 11.7. The molecule has 0 saturated carbocycles. The van der Waals surface area contributed by atoms with Crippen molar-refractivity contribution in [2.24, 2.45) is 5.92 Å². The van der Waals surface area contributed by atoms with Crippen molar-refractivity contribution >= 4 is 18.3 Å². The highest BCUT2D eigenvalue weighted by Gasteiger charge is 2.27. The monoisotopic (exact) mass is 287 g/mol. The maximum Gasteiger partial charge on any atom is 0.259 e. The molecule has 6 heteroatoms. The molecule has 1 aliphatic rings. The number of nitrogens with zero attached hydrogens (tertiary/aromatic N) is 2. The molecular weight excluding hydrogens is 266 g/mol. The summed E-state index contributed by atoms with van der Waals surface area (Å²) in [6.07, 6.45) is 2.13. The van der Waals surface area contributed by atoms with Crippen LogP contribution in [-0.2, 0) is 0 Å². The molecule has 0 aliphatic carbocycles. The van der Waals surface area contributed by atoms with E-state index in [-0.39, 0.29) is 18.3 Å². The van der Waals surface area contributed by atoms with Crippen LogP contribution in [0.1, 0.15) is 34.7 Å². The minimum atomic E-state index is 0. The zero-order chi connectivity index (χ0) is 13.1. The van der Waals surface area contributed by atoms with E-state index in [2.05, 4.69) is 10.5 Å². The summed E-state index contributed by atoms with van der Waals surface area (Å²) < 4.78 is 5.06. The Morgan fingerprint density at radius 3 is 2.53 bits per heavy atom. The highest BCUT2D eigenvalue weighted by Crippen LogP contribution is 2.21. The summed E-state index contributed by atoms with van der Waals surface area (Å²) in [5.41, 5.74) is 1.33. The highest BCUT2D eigenvalue weighted by atomic mass is 35.5. The number of piperidine rings is 1. The molecule has 1 aromatic rings. The second-order valence-corrected chi connectivity index (χ2v) is 4.99. The number of aromatic nitrogens is 1. The first-order valence-electron chi connectivity index (χ1n) is 6.50. The molecule has 0 spiro atoms. The quantitative estimate of drug-likeness (QED) is 0.921. The number of carbonyl (C=O) groups is 1. The molecule has 1 amide bonds. The standard InChI is InChI=1S/C13H21N3O2.ClH/c1-9-12(10(2)18-15-9)13(17)16-6-4-11(5-7-16)8-14-3;/h11,14H,4-8H2,1-3H3;1H. The fourth-order valence-corrected chi connectivity index (χ4v) is 2.58. The first kappa shape index (κ1) is 16.0. The van der Waals surface area contributed by atoms with Crippen LogP contribution in [0.3, 0.4) is 0 Å². The predicted octanol–water partition coefficient (Wildman–Crippen LogP) is 1.78. The Labute approximate surface area is 120 Å². The molecule has 0 unspecified atom stereocenters. The third-order valence-electron chi connectivity index (χ3n) is 3.64. The van der Waals surface area contributed by atoms with Crippen LogP contribution < -0.4 is 5.32 Å². The van der Waals surface area contributed by atoms with Gasteiger partial charge in [-0.3, -0.25) is 4.79 Å². The van der Waals surface area contributed by atoms with Crippen molar-refractivity contribution in [2.75, 3.05) is 26.7 Å². The van der Waals surface area contributed by atoms with Gasteiger partial charge in [0.05, 0.1) is 5.69 Å². The maximum atomic E-state index is 12.4. The Bertz CT molecular complexity index is 406. The normalized spacial score (nSPS) is 16.3. The van der Waals surface area contributed by atoms with Crippen LogP contribution in [-0.4, -0.2) is 42.6 Å². The highest BCUT2D eigenvalue weighted by molar-refractivity contribution is 5.96. The van der Waals surface area contributed by atoms with Gasteiger partial charge in [-0.05, 0) is 46.2 Å². The second kappa shape index (κ2) is 6.91. The van der Waals surface area contributed by atoms with E-state index in [1.54, 1.807) is 6.92 Å². The molecule has 0 aromatic carbocycles. The number of hydrogen-bond acceptors (Lipinski definition) is 4. The van der Waals surface area contributed by atoms with Crippen molar-refractivity contribution in [1.29, 1.82) is 0 Å². The molecule has 19 heavy (non-hydrogen) atoms. The van der Waals surface area contributed by atoms with Crippen LogP contribution in [0.5, 0.6) is 0 Å². The van der Waals surface area contributed by atoms with Gasteiger partial charge in [-0.1, -0.05) is 5.16 Å². The van der Waals surface area contributed by atoms with Gasteiger partial charge in [0.2, 0.25) is 0 Å². The molecule has 1 saturated heterocycles. The van der Waals surface area contributed by atoms with Crippen molar-refractivity contribution in [3.8, 4) is 0 Å². The average Bonchev–Trinajstić information content (AvgIpc) is 2.70. The first-order valence-corrected chi connectivity index (χ1v) is 6.50. The topological polar surface area (TPSA) is 58.4 Å². The van der Waals surface area contributed by atoms with Crippen molar-refractivity contribution in [3.05, 3.63) is 17.0 Å². The van der Waals surface area contributed by atoms with Crippen LogP contribution >= 0.6 is 12.4 Å². The molecule has 5 nitrogen and oxygen atoms in total. The zero-order valence-corrected chi connectivity index (χ0v) is 12.5. The van der Waals surface area contributed by atoms with Crippen LogP contribution in [0, 0.1) is 19.8 Å². The van der Waals surface area contributed by atoms with E-state index in [0.29, 0.717) is 22.9 Å². The molecule has 2 heterocycles. The van der Waals surface area contributed by atoms with Gasteiger partial charge in [-0.15, -0.1) is 12.4 Å². The molecular formula is C13H22ClN3O2. The molecule has 0 radical (unpaired) electrons. The number of aryl methyl sites for hydroxylation is 2. The van der Waals surface area contributed by atoms with Crippen LogP contribution in [0.15, 0.2) is 4.52 Å². The Kier molecular flexibility index (Phi) is 5.82. The van der Waals surface area contributed by atoms with Crippen LogP contribution in [0.2, 0.25) is 0 Å². The van der Waals surface area contributed by atoms with Crippen LogP contribution in [0.4, 0.5) is 0 Å². The van der Waals surface area contributed by atoms with Gasteiger partial charge in [0.25, 0.3) is 5.91 Å². The Morgan fingerprint density at radius 1 is 1.42 bits per heavy atom. The Morgan fingerprint density at radius 2 is 2.05 bits per heavy atom. The fraction of sp³-hybridized carbons (Fsp3) is 0.692. The summed E-state index contributed by atoms with van der Waals surface area (Å²) in [6.45, 7) is 6.30. The molecule has 1 N–H and O–H groups in total. The number of rotatable bonds is 3. The maximum absolute atomic E-state index is 12.4. The molecule has 0 bridgehead atoms. The largest absolute Gasteiger partial charge is 0.361 e. The van der Waals surface area contributed by atoms with Crippen LogP contribution in [0.25, 0.3) is 0 Å². The van der Waals surface area contributed by atoms with E-state index < -0.39 is 0 Å². The fourth-order valence-electron chi connectivity index (χ4n) is 2.58. The van der Waals surface area contributed by atoms with Crippen molar-refractivity contribution < 1.29 is 9.32 Å². The summed E-state index contributed by atoms with van der Waals surface area (Å²) in [4.78, 5) is 14.3. The number of nitrogens with one attached hydrogen (secondary N) is 1. The summed E-state index contributed by atoms with van der Waals surface area (Å²) in [7, 11) is 1.97. The van der Waals surface area contributed by atoms with Gasteiger partial charge in [0, 0.05) is 13.1 Å². The summed E-state index contributed by atoms with van der Waals surface area (Å²) in [5, 5.41) is 7.04. The molecule has 1 aliphatic heterocycles. The van der Waals surface area contributed by atoms with Crippen molar-refractivity contribution in [2.45, 2.75) is 26.7 Å². The van der Waals surface area contributed by atoms with Gasteiger partial charge >= 0.3 is 0 Å². The van der Waals surface area contributed by atoms with Gasteiger partial charge in [-0.25, -0.2) is 0 Å². The number of carbonyl (C=O) groups excluding carboxylic acids is 1. The minimum Gasteiger partial charge on any atom is -0.361 e. The van der Waals surface area contributed by atoms with E-state index in [1.165, 1.54) is 0 Å². The SMILES string of the molecule is CNCC1CCN(C(=O)c2c(C)noc2C)CC1.Cl. The van der Waals surface area contributed by atoms with Crippen molar-refractivity contribution in [1.82, 2.24) is 15.4 Å². The lowest BCUT2D eigenvalue weighted by Gasteiger charge is -2.31. The summed E-state index contributed by atoms with van der Waals surface area (Å²) in [6, 6.07) is 0.